The maximum Gasteiger partial charge on any atom is 0.200 e. The molecule has 3 heteroatoms. The molecule has 0 radical (unpaired) electrons. The second-order valence-corrected chi connectivity index (χ2v) is 5.35. The Labute approximate surface area is 125 Å². The summed E-state index contributed by atoms with van der Waals surface area (Å²) in [6.45, 7) is 4.23. The SMILES string of the molecule is CC[C@@H](c1ccccc1)[C@@H](CC)c1cc(O)c(O)c(O)c1. The molecular weight excluding hydrogens is 264 g/mol. The fourth-order valence-electron chi connectivity index (χ4n) is 3.04. The number of aromatic hydroxyl groups is 3. The third-order valence-electron chi connectivity index (χ3n) is 4.11. The maximum atomic E-state index is 9.74. The normalized spacial score (nSPS) is 13.8. The first-order valence-electron chi connectivity index (χ1n) is 7.38. The fourth-order valence-corrected chi connectivity index (χ4v) is 3.04. The van der Waals surface area contributed by atoms with Crippen molar-refractivity contribution in [3.05, 3.63) is 53.6 Å². The zero-order valence-electron chi connectivity index (χ0n) is 12.5. The van der Waals surface area contributed by atoms with E-state index in [1.54, 1.807) is 12.1 Å². The van der Waals surface area contributed by atoms with Crippen molar-refractivity contribution in [1.29, 1.82) is 0 Å². The van der Waals surface area contributed by atoms with Gasteiger partial charge < -0.3 is 15.3 Å². The summed E-state index contributed by atoms with van der Waals surface area (Å²) in [5, 5.41) is 29.0. The van der Waals surface area contributed by atoms with Crippen molar-refractivity contribution in [2.45, 2.75) is 38.5 Å². The van der Waals surface area contributed by atoms with Crippen molar-refractivity contribution < 1.29 is 15.3 Å². The highest BCUT2D eigenvalue weighted by Crippen LogP contribution is 2.43. The summed E-state index contributed by atoms with van der Waals surface area (Å²) in [6, 6.07) is 13.4. The molecule has 0 aliphatic rings. The van der Waals surface area contributed by atoms with Crippen LogP contribution in [0, 0.1) is 0 Å². The van der Waals surface area contributed by atoms with Gasteiger partial charge in [0, 0.05) is 0 Å². The van der Waals surface area contributed by atoms with Gasteiger partial charge >= 0.3 is 0 Å². The summed E-state index contributed by atoms with van der Waals surface area (Å²) in [4.78, 5) is 0. The summed E-state index contributed by atoms with van der Waals surface area (Å²) < 4.78 is 0. The predicted molar refractivity (Wildman–Crippen MR) is 83.9 cm³/mol. The van der Waals surface area contributed by atoms with Crippen LogP contribution in [0.5, 0.6) is 17.2 Å². The Morgan fingerprint density at radius 3 is 1.71 bits per heavy atom. The van der Waals surface area contributed by atoms with Crippen molar-refractivity contribution in [2.24, 2.45) is 0 Å². The largest absolute Gasteiger partial charge is 0.504 e. The molecule has 21 heavy (non-hydrogen) atoms. The minimum absolute atomic E-state index is 0.176. The van der Waals surface area contributed by atoms with Gasteiger partial charge in [0.1, 0.15) is 0 Å². The average Bonchev–Trinajstić information content (AvgIpc) is 2.50. The fraction of sp³-hybridized carbons (Fsp3) is 0.333. The number of rotatable bonds is 5. The van der Waals surface area contributed by atoms with Crippen LogP contribution in [-0.2, 0) is 0 Å². The van der Waals surface area contributed by atoms with Gasteiger partial charge in [0.2, 0.25) is 0 Å². The first-order valence-corrected chi connectivity index (χ1v) is 7.38. The summed E-state index contributed by atoms with van der Waals surface area (Å²) in [5.41, 5.74) is 2.10. The van der Waals surface area contributed by atoms with E-state index in [1.807, 2.05) is 18.2 Å². The van der Waals surface area contributed by atoms with Gasteiger partial charge in [-0.05, 0) is 47.9 Å². The van der Waals surface area contributed by atoms with Gasteiger partial charge in [0.05, 0.1) is 0 Å². The third kappa shape index (κ3) is 3.13. The topological polar surface area (TPSA) is 60.7 Å². The lowest BCUT2D eigenvalue weighted by Gasteiger charge is -2.26. The van der Waals surface area contributed by atoms with Gasteiger partial charge in [-0.15, -0.1) is 0 Å². The highest BCUT2D eigenvalue weighted by Gasteiger charge is 2.23. The molecule has 0 bridgehead atoms. The van der Waals surface area contributed by atoms with Gasteiger partial charge in [-0.2, -0.15) is 0 Å². The molecule has 2 rings (SSSR count). The predicted octanol–water partition coefficient (Wildman–Crippen LogP) is 4.49. The van der Waals surface area contributed by atoms with E-state index in [4.69, 9.17) is 0 Å². The Morgan fingerprint density at radius 2 is 1.24 bits per heavy atom. The average molecular weight is 286 g/mol. The number of hydrogen-bond donors (Lipinski definition) is 3. The van der Waals surface area contributed by atoms with Crippen LogP contribution in [-0.4, -0.2) is 15.3 Å². The van der Waals surface area contributed by atoms with Crippen molar-refractivity contribution in [1.82, 2.24) is 0 Å². The van der Waals surface area contributed by atoms with Crippen molar-refractivity contribution in [3.8, 4) is 17.2 Å². The van der Waals surface area contributed by atoms with Crippen LogP contribution in [0.25, 0.3) is 0 Å². The van der Waals surface area contributed by atoms with Crippen molar-refractivity contribution in [3.63, 3.8) is 0 Å². The molecule has 0 aliphatic carbocycles. The molecule has 0 amide bonds. The lowest BCUT2D eigenvalue weighted by atomic mass is 9.78. The standard InChI is InChI=1S/C18H22O3/c1-3-14(12-8-6-5-7-9-12)15(4-2)13-10-16(19)18(21)17(20)11-13/h5-11,14-15,19-21H,3-4H2,1-2H3/t14-,15-/m0/s1. The van der Waals surface area contributed by atoms with Crippen LogP contribution in [0.2, 0.25) is 0 Å². The molecule has 3 nitrogen and oxygen atoms in total. The second-order valence-electron chi connectivity index (χ2n) is 5.35. The molecule has 0 spiro atoms. The van der Waals surface area contributed by atoms with E-state index in [-0.39, 0.29) is 17.4 Å². The molecule has 0 aromatic heterocycles. The summed E-state index contributed by atoms with van der Waals surface area (Å²) in [5.74, 6) is -0.520. The maximum absolute atomic E-state index is 9.74. The Bertz CT molecular complexity index is 570. The van der Waals surface area contributed by atoms with Gasteiger partial charge in [-0.25, -0.2) is 0 Å². The number of phenolic OH excluding ortho intramolecular Hbond substituents is 3. The molecule has 0 saturated heterocycles. The van der Waals surface area contributed by atoms with Gasteiger partial charge in [0.25, 0.3) is 0 Å². The highest BCUT2D eigenvalue weighted by atomic mass is 16.3. The van der Waals surface area contributed by atoms with E-state index in [0.29, 0.717) is 5.92 Å². The second kappa shape index (κ2) is 6.53. The number of phenols is 3. The zero-order chi connectivity index (χ0) is 15.4. The van der Waals surface area contributed by atoms with Crippen LogP contribution in [0.4, 0.5) is 0 Å². The minimum atomic E-state index is -0.457. The van der Waals surface area contributed by atoms with E-state index >= 15 is 0 Å². The molecule has 2 aromatic carbocycles. The van der Waals surface area contributed by atoms with Gasteiger partial charge in [-0.1, -0.05) is 44.2 Å². The molecule has 112 valence electrons. The van der Waals surface area contributed by atoms with E-state index < -0.39 is 5.75 Å². The van der Waals surface area contributed by atoms with Crippen LogP contribution in [0.3, 0.4) is 0 Å². The Balaban J connectivity index is 2.43. The van der Waals surface area contributed by atoms with E-state index in [9.17, 15) is 15.3 Å². The minimum Gasteiger partial charge on any atom is -0.504 e. The molecule has 0 unspecified atom stereocenters. The Hall–Kier alpha value is -2.16. The highest BCUT2D eigenvalue weighted by molar-refractivity contribution is 5.52. The smallest absolute Gasteiger partial charge is 0.200 e. The van der Waals surface area contributed by atoms with E-state index in [2.05, 4.69) is 26.0 Å². The Kier molecular flexibility index (Phi) is 4.73. The summed E-state index contributed by atoms with van der Waals surface area (Å²) in [7, 11) is 0. The van der Waals surface area contributed by atoms with Crippen molar-refractivity contribution in [2.75, 3.05) is 0 Å². The number of hydrogen-bond acceptors (Lipinski definition) is 3. The first-order chi connectivity index (χ1) is 10.1. The van der Waals surface area contributed by atoms with Crippen LogP contribution in [0.15, 0.2) is 42.5 Å². The lowest BCUT2D eigenvalue weighted by molar-refractivity contribution is 0.365. The Morgan fingerprint density at radius 1 is 0.762 bits per heavy atom. The molecule has 3 N–H and O–H groups in total. The van der Waals surface area contributed by atoms with Crippen molar-refractivity contribution >= 4 is 0 Å². The van der Waals surface area contributed by atoms with Gasteiger partial charge in [-0.3, -0.25) is 0 Å². The summed E-state index contributed by atoms with van der Waals surface area (Å²) in [6.07, 6.45) is 1.85. The lowest BCUT2D eigenvalue weighted by Crippen LogP contribution is -2.10. The third-order valence-corrected chi connectivity index (χ3v) is 4.11. The van der Waals surface area contributed by atoms with Crippen LogP contribution >= 0.6 is 0 Å². The molecule has 2 atom stereocenters. The number of benzene rings is 2. The molecule has 0 fully saturated rings. The van der Waals surface area contributed by atoms with Gasteiger partial charge in [0.15, 0.2) is 17.2 Å². The summed E-state index contributed by atoms with van der Waals surface area (Å²) >= 11 is 0. The molecule has 0 aliphatic heterocycles. The monoisotopic (exact) mass is 286 g/mol. The van der Waals surface area contributed by atoms with Crippen LogP contribution in [0.1, 0.15) is 49.7 Å². The quantitative estimate of drug-likeness (QED) is 0.710. The molecule has 0 saturated carbocycles. The van der Waals surface area contributed by atoms with E-state index in [1.165, 1.54) is 5.56 Å². The van der Waals surface area contributed by atoms with E-state index in [0.717, 1.165) is 18.4 Å². The first kappa shape index (κ1) is 15.2. The van der Waals surface area contributed by atoms with Crippen LogP contribution < -0.4 is 0 Å². The molecular formula is C18H22O3. The zero-order valence-corrected chi connectivity index (χ0v) is 12.5. The molecule has 0 heterocycles. The molecule has 2 aromatic rings.